The monoisotopic (exact) mass is 344 g/mol. The van der Waals surface area contributed by atoms with Crippen molar-refractivity contribution in [3.63, 3.8) is 0 Å². The van der Waals surface area contributed by atoms with Gasteiger partial charge < -0.3 is 4.57 Å². The molecular weight excluding hydrogens is 327 g/mol. The van der Waals surface area contributed by atoms with Gasteiger partial charge in [-0.25, -0.2) is 14.4 Å². The van der Waals surface area contributed by atoms with E-state index in [1.807, 2.05) is 18.4 Å². The number of benzene rings is 1. The van der Waals surface area contributed by atoms with Crippen LogP contribution in [0, 0.1) is 5.82 Å². The third-order valence-electron chi connectivity index (χ3n) is 4.23. The quantitative estimate of drug-likeness (QED) is 0.719. The number of aromatic nitrogens is 3. The van der Waals surface area contributed by atoms with Crippen LogP contribution >= 0.6 is 11.3 Å². The second kappa shape index (κ2) is 5.66. The molecule has 0 atom stereocenters. The van der Waals surface area contributed by atoms with Crippen molar-refractivity contribution in [2.24, 2.45) is 0 Å². The van der Waals surface area contributed by atoms with E-state index in [-0.39, 0.29) is 11.7 Å². The number of hydrogen-bond acceptors (Lipinski definition) is 4. The van der Waals surface area contributed by atoms with Crippen LogP contribution in [-0.4, -0.2) is 27.0 Å². The van der Waals surface area contributed by atoms with Gasteiger partial charge in [0, 0.05) is 24.9 Å². The molecule has 1 aliphatic carbocycles. The second-order valence-electron chi connectivity index (χ2n) is 5.92. The highest BCUT2D eigenvalue weighted by atomic mass is 32.1. The van der Waals surface area contributed by atoms with Crippen molar-refractivity contribution in [2.75, 3.05) is 11.4 Å². The Balaban J connectivity index is 1.85. The molecule has 4 rings (SSSR count). The predicted octanol–water partition coefficient (Wildman–Crippen LogP) is 4.01. The summed E-state index contributed by atoms with van der Waals surface area (Å²) in [6.07, 6.45) is 2.14. The Morgan fingerprint density at radius 1 is 1.42 bits per heavy atom. The van der Waals surface area contributed by atoms with E-state index in [1.54, 1.807) is 11.0 Å². The van der Waals surface area contributed by atoms with Crippen LogP contribution in [0.4, 0.5) is 9.52 Å². The highest BCUT2D eigenvalue weighted by Crippen LogP contribution is 2.42. The van der Waals surface area contributed by atoms with Crippen LogP contribution in [0.25, 0.3) is 22.6 Å². The minimum absolute atomic E-state index is 0.0415. The maximum absolute atomic E-state index is 14.1. The zero-order valence-corrected chi connectivity index (χ0v) is 14.3. The first kappa shape index (κ1) is 15.3. The van der Waals surface area contributed by atoms with Gasteiger partial charge in [0.15, 0.2) is 16.8 Å². The summed E-state index contributed by atoms with van der Waals surface area (Å²) in [6.45, 7) is 4.01. The van der Waals surface area contributed by atoms with E-state index in [9.17, 15) is 9.18 Å². The fourth-order valence-corrected chi connectivity index (χ4v) is 3.86. The molecule has 1 amide bonds. The van der Waals surface area contributed by atoms with Gasteiger partial charge in [0.2, 0.25) is 5.91 Å². The van der Waals surface area contributed by atoms with E-state index >= 15 is 0 Å². The lowest BCUT2D eigenvalue weighted by molar-refractivity contribution is -0.116. The van der Waals surface area contributed by atoms with Crippen LogP contribution in [0.15, 0.2) is 23.6 Å². The zero-order valence-electron chi connectivity index (χ0n) is 13.5. The standard InChI is InChI=1S/C17H17FN4OS/c1-3-21(10(2)23)17-19-13(9-24-17)16-20-15-12(18)5-4-6-14(15)22(16)11-7-8-11/h4-6,9,11H,3,7-8H2,1-2H3. The number of rotatable bonds is 4. The van der Waals surface area contributed by atoms with Crippen molar-refractivity contribution < 1.29 is 9.18 Å². The van der Waals surface area contributed by atoms with Gasteiger partial charge in [-0.15, -0.1) is 11.3 Å². The Kier molecular flexibility index (Phi) is 3.60. The number of para-hydroxylation sites is 1. The van der Waals surface area contributed by atoms with Crippen LogP contribution in [0.3, 0.4) is 0 Å². The highest BCUT2D eigenvalue weighted by molar-refractivity contribution is 7.14. The molecule has 1 fully saturated rings. The number of carbonyl (C=O) groups excluding carboxylic acids is 1. The molecule has 124 valence electrons. The number of carbonyl (C=O) groups is 1. The third kappa shape index (κ3) is 2.39. The second-order valence-corrected chi connectivity index (χ2v) is 6.76. The summed E-state index contributed by atoms with van der Waals surface area (Å²) in [4.78, 5) is 22.4. The molecule has 0 unspecified atom stereocenters. The molecule has 0 N–H and O–H groups in total. The van der Waals surface area contributed by atoms with Gasteiger partial charge in [-0.05, 0) is 31.9 Å². The lowest BCUT2D eigenvalue weighted by Crippen LogP contribution is -2.27. The molecule has 1 saturated carbocycles. The number of anilines is 1. The molecule has 2 heterocycles. The molecule has 0 bridgehead atoms. The maximum Gasteiger partial charge on any atom is 0.225 e. The number of halogens is 1. The molecule has 2 aromatic heterocycles. The van der Waals surface area contributed by atoms with Gasteiger partial charge in [-0.3, -0.25) is 9.69 Å². The summed E-state index contributed by atoms with van der Waals surface area (Å²) in [5, 5.41) is 2.54. The number of hydrogen-bond donors (Lipinski definition) is 0. The fraction of sp³-hybridized carbons (Fsp3) is 0.353. The van der Waals surface area contributed by atoms with Gasteiger partial charge in [0.25, 0.3) is 0 Å². The molecule has 0 spiro atoms. The number of fused-ring (bicyclic) bond motifs is 1. The van der Waals surface area contributed by atoms with E-state index in [1.165, 1.54) is 24.3 Å². The van der Waals surface area contributed by atoms with Crippen LogP contribution in [0.5, 0.6) is 0 Å². The van der Waals surface area contributed by atoms with E-state index < -0.39 is 0 Å². The molecule has 24 heavy (non-hydrogen) atoms. The van der Waals surface area contributed by atoms with E-state index in [4.69, 9.17) is 0 Å². The first-order valence-electron chi connectivity index (χ1n) is 8.00. The zero-order chi connectivity index (χ0) is 16.8. The van der Waals surface area contributed by atoms with Crippen LogP contribution in [0.2, 0.25) is 0 Å². The van der Waals surface area contributed by atoms with Crippen LogP contribution in [-0.2, 0) is 4.79 Å². The number of thiazole rings is 1. The Bertz CT molecular complexity index is 928. The lowest BCUT2D eigenvalue weighted by Gasteiger charge is -2.14. The molecule has 7 heteroatoms. The van der Waals surface area contributed by atoms with Crippen molar-refractivity contribution in [3.05, 3.63) is 29.4 Å². The summed E-state index contributed by atoms with van der Waals surface area (Å²) in [6, 6.07) is 5.39. The third-order valence-corrected chi connectivity index (χ3v) is 5.09. The average molecular weight is 344 g/mol. The van der Waals surface area contributed by atoms with Crippen LogP contribution < -0.4 is 4.90 Å². The highest BCUT2D eigenvalue weighted by Gasteiger charge is 2.30. The molecule has 0 aliphatic heterocycles. The minimum atomic E-state index is -0.317. The van der Waals surface area contributed by atoms with Gasteiger partial charge >= 0.3 is 0 Å². The van der Waals surface area contributed by atoms with E-state index in [0.717, 1.165) is 18.4 Å². The molecule has 3 aromatic rings. The molecule has 1 aliphatic rings. The summed E-state index contributed by atoms with van der Waals surface area (Å²) >= 11 is 1.41. The summed E-state index contributed by atoms with van der Waals surface area (Å²) in [5.74, 6) is 0.322. The summed E-state index contributed by atoms with van der Waals surface area (Å²) in [7, 11) is 0. The molecular formula is C17H17FN4OS. The first-order chi connectivity index (χ1) is 11.6. The van der Waals surface area contributed by atoms with E-state index in [0.29, 0.717) is 34.8 Å². The summed E-state index contributed by atoms with van der Waals surface area (Å²) < 4.78 is 16.2. The smallest absolute Gasteiger partial charge is 0.225 e. The van der Waals surface area contributed by atoms with Crippen LogP contribution in [0.1, 0.15) is 32.7 Å². The SMILES string of the molecule is CCN(C(C)=O)c1nc(-c2nc3c(F)cccc3n2C2CC2)cs1. The van der Waals surface area contributed by atoms with Crippen molar-refractivity contribution in [2.45, 2.75) is 32.7 Å². The predicted molar refractivity (Wildman–Crippen MR) is 92.8 cm³/mol. The van der Waals surface area contributed by atoms with Crippen molar-refractivity contribution in [1.29, 1.82) is 0 Å². The number of nitrogens with zero attached hydrogens (tertiary/aromatic N) is 4. The van der Waals surface area contributed by atoms with Gasteiger partial charge in [0.1, 0.15) is 11.2 Å². The first-order valence-corrected chi connectivity index (χ1v) is 8.88. The largest absolute Gasteiger partial charge is 0.319 e. The van der Waals surface area contributed by atoms with Crippen molar-refractivity contribution in [3.8, 4) is 11.5 Å². The molecule has 5 nitrogen and oxygen atoms in total. The maximum atomic E-state index is 14.1. The number of amides is 1. The van der Waals surface area contributed by atoms with E-state index in [2.05, 4.69) is 14.5 Å². The van der Waals surface area contributed by atoms with Gasteiger partial charge in [-0.1, -0.05) is 6.07 Å². The lowest BCUT2D eigenvalue weighted by atomic mass is 10.3. The van der Waals surface area contributed by atoms with Crippen molar-refractivity contribution in [1.82, 2.24) is 14.5 Å². The molecule has 0 saturated heterocycles. The molecule has 0 radical (unpaired) electrons. The topological polar surface area (TPSA) is 51.0 Å². The minimum Gasteiger partial charge on any atom is -0.319 e. The average Bonchev–Trinajstić information content (AvgIpc) is 3.13. The Labute approximate surface area is 142 Å². The number of imidazole rings is 1. The van der Waals surface area contributed by atoms with Gasteiger partial charge in [-0.2, -0.15) is 0 Å². The Morgan fingerprint density at radius 3 is 2.88 bits per heavy atom. The summed E-state index contributed by atoms with van der Waals surface area (Å²) in [5.41, 5.74) is 1.88. The fourth-order valence-electron chi connectivity index (χ4n) is 2.95. The van der Waals surface area contributed by atoms with Gasteiger partial charge in [0.05, 0.1) is 5.52 Å². The normalized spacial score (nSPS) is 14.3. The Morgan fingerprint density at radius 2 is 2.21 bits per heavy atom. The molecule has 1 aromatic carbocycles. The van der Waals surface area contributed by atoms with Crippen molar-refractivity contribution >= 4 is 33.4 Å². The Hall–Kier alpha value is -2.28.